The van der Waals surface area contributed by atoms with E-state index < -0.39 is 5.79 Å². The zero-order valence-corrected chi connectivity index (χ0v) is 14.5. The van der Waals surface area contributed by atoms with Crippen LogP contribution < -0.4 is 9.47 Å². The number of rotatable bonds is 10. The largest absolute Gasteiger partial charge is 0.497 e. The highest BCUT2D eigenvalue weighted by atomic mass is 17.2. The molecular weight excluding hydrogens is 324 g/mol. The third kappa shape index (κ3) is 5.44. The van der Waals surface area contributed by atoms with Crippen LogP contribution in [-0.2, 0) is 22.6 Å². The van der Waals surface area contributed by atoms with Gasteiger partial charge in [0.1, 0.15) is 11.5 Å². The molecule has 0 bridgehead atoms. The smallest absolute Gasteiger partial charge is 0.234 e. The highest BCUT2D eigenvalue weighted by Gasteiger charge is 2.33. The van der Waals surface area contributed by atoms with Crippen molar-refractivity contribution in [2.75, 3.05) is 14.2 Å². The Hall–Kier alpha value is -2.12. The quantitative estimate of drug-likeness (QED) is 0.385. The predicted octanol–water partition coefficient (Wildman–Crippen LogP) is 3.94. The van der Waals surface area contributed by atoms with Crippen LogP contribution >= 0.6 is 0 Å². The van der Waals surface area contributed by atoms with E-state index in [1.54, 1.807) is 14.2 Å². The number of methoxy groups -OCH3 is 2. The fourth-order valence-electron chi connectivity index (χ4n) is 2.58. The molecule has 6 nitrogen and oxygen atoms in total. The van der Waals surface area contributed by atoms with E-state index in [2.05, 4.69) is 9.78 Å². The maximum absolute atomic E-state index is 9.27. The van der Waals surface area contributed by atoms with Crippen LogP contribution in [0.5, 0.6) is 11.5 Å². The second-order valence-corrected chi connectivity index (χ2v) is 5.79. The summed E-state index contributed by atoms with van der Waals surface area (Å²) in [5.74, 6) is 0.0671. The monoisotopic (exact) mass is 348 g/mol. The first-order valence-electron chi connectivity index (χ1n) is 8.06. The van der Waals surface area contributed by atoms with Gasteiger partial charge in [-0.05, 0) is 48.2 Å². The molecule has 2 N–H and O–H groups in total. The van der Waals surface area contributed by atoms with Gasteiger partial charge in [-0.1, -0.05) is 24.3 Å². The van der Waals surface area contributed by atoms with Gasteiger partial charge < -0.3 is 9.47 Å². The van der Waals surface area contributed by atoms with Crippen LogP contribution in [0.3, 0.4) is 0 Å². The summed E-state index contributed by atoms with van der Waals surface area (Å²) in [6.07, 6.45) is 1.71. The van der Waals surface area contributed by atoms with Crippen LogP contribution in [0.2, 0.25) is 0 Å². The van der Waals surface area contributed by atoms with E-state index in [9.17, 15) is 10.5 Å². The summed E-state index contributed by atoms with van der Waals surface area (Å²) in [6.45, 7) is 0. The predicted molar refractivity (Wildman–Crippen MR) is 92.8 cm³/mol. The summed E-state index contributed by atoms with van der Waals surface area (Å²) in [6, 6.07) is 15.1. The lowest BCUT2D eigenvalue weighted by atomic mass is 9.98. The van der Waals surface area contributed by atoms with Crippen LogP contribution in [0.25, 0.3) is 0 Å². The molecule has 0 unspecified atom stereocenters. The average molecular weight is 348 g/mol. The molecule has 0 heterocycles. The molecule has 0 saturated carbocycles. The van der Waals surface area contributed by atoms with Gasteiger partial charge in [-0.25, -0.2) is 20.3 Å². The van der Waals surface area contributed by atoms with Gasteiger partial charge in [-0.2, -0.15) is 0 Å². The maximum Gasteiger partial charge on any atom is 0.234 e. The Morgan fingerprint density at radius 3 is 1.32 bits per heavy atom. The summed E-state index contributed by atoms with van der Waals surface area (Å²) in [4.78, 5) is 9.00. The van der Waals surface area contributed by atoms with Gasteiger partial charge >= 0.3 is 0 Å². The molecule has 0 saturated heterocycles. The Morgan fingerprint density at radius 2 is 1.04 bits per heavy atom. The molecule has 25 heavy (non-hydrogen) atoms. The summed E-state index contributed by atoms with van der Waals surface area (Å²) in [5.41, 5.74) is 2.03. The number of ether oxygens (including phenoxy) is 2. The Labute approximate surface area is 147 Å². The average Bonchev–Trinajstić information content (AvgIpc) is 2.69. The second-order valence-electron chi connectivity index (χ2n) is 5.79. The summed E-state index contributed by atoms with van der Waals surface area (Å²) < 4.78 is 10.2. The molecule has 0 spiro atoms. The highest BCUT2D eigenvalue weighted by Crippen LogP contribution is 2.26. The molecule has 6 heteroatoms. The Balaban J connectivity index is 1.95. The third-order valence-electron chi connectivity index (χ3n) is 4.24. The van der Waals surface area contributed by atoms with Crippen molar-refractivity contribution in [3.63, 3.8) is 0 Å². The van der Waals surface area contributed by atoms with Gasteiger partial charge in [-0.3, -0.25) is 0 Å². The molecular formula is C19H24O6. The van der Waals surface area contributed by atoms with E-state index in [-0.39, 0.29) is 0 Å². The molecule has 2 aromatic rings. The lowest BCUT2D eigenvalue weighted by Crippen LogP contribution is -2.35. The Morgan fingerprint density at radius 1 is 0.680 bits per heavy atom. The van der Waals surface area contributed by atoms with E-state index in [4.69, 9.17) is 9.47 Å². The zero-order chi connectivity index (χ0) is 18.1. The molecule has 0 aliphatic carbocycles. The first-order valence-corrected chi connectivity index (χ1v) is 8.06. The van der Waals surface area contributed by atoms with E-state index >= 15 is 0 Å². The van der Waals surface area contributed by atoms with Gasteiger partial charge in [-0.15, -0.1) is 0 Å². The van der Waals surface area contributed by atoms with E-state index in [0.717, 1.165) is 22.6 Å². The van der Waals surface area contributed by atoms with Crippen LogP contribution in [0.15, 0.2) is 48.5 Å². The SMILES string of the molecule is COc1ccc(CCC(CCc2ccc(OC)cc2)(OO)OO)cc1. The molecule has 0 fully saturated rings. The lowest BCUT2D eigenvalue weighted by molar-refractivity contribution is -0.489. The second kappa shape index (κ2) is 9.39. The van der Waals surface area contributed by atoms with Crippen molar-refractivity contribution in [1.29, 1.82) is 0 Å². The number of hydrogen-bond acceptors (Lipinski definition) is 6. The molecule has 0 aromatic heterocycles. The van der Waals surface area contributed by atoms with Crippen molar-refractivity contribution in [2.24, 2.45) is 0 Å². The van der Waals surface area contributed by atoms with Gasteiger partial charge in [0.15, 0.2) is 0 Å². The van der Waals surface area contributed by atoms with Crippen molar-refractivity contribution >= 4 is 0 Å². The first kappa shape index (κ1) is 19.2. The molecule has 136 valence electrons. The lowest BCUT2D eigenvalue weighted by Gasteiger charge is -2.26. The van der Waals surface area contributed by atoms with Crippen LogP contribution in [0.1, 0.15) is 24.0 Å². The van der Waals surface area contributed by atoms with Crippen molar-refractivity contribution < 1.29 is 29.8 Å². The van der Waals surface area contributed by atoms with E-state index in [1.165, 1.54) is 0 Å². The molecule has 0 radical (unpaired) electrons. The van der Waals surface area contributed by atoms with Crippen molar-refractivity contribution in [1.82, 2.24) is 0 Å². The topological polar surface area (TPSA) is 77.4 Å². The summed E-state index contributed by atoms with van der Waals surface area (Å²) in [7, 11) is 3.22. The van der Waals surface area contributed by atoms with Crippen LogP contribution in [-0.4, -0.2) is 30.5 Å². The third-order valence-corrected chi connectivity index (χ3v) is 4.24. The fourth-order valence-corrected chi connectivity index (χ4v) is 2.58. The zero-order valence-electron chi connectivity index (χ0n) is 14.5. The van der Waals surface area contributed by atoms with E-state index in [0.29, 0.717) is 25.7 Å². The number of benzene rings is 2. The van der Waals surface area contributed by atoms with Gasteiger partial charge in [0, 0.05) is 12.8 Å². The molecule has 2 aromatic carbocycles. The Kier molecular flexibility index (Phi) is 7.21. The molecule has 2 rings (SSSR count). The van der Waals surface area contributed by atoms with Crippen LogP contribution in [0.4, 0.5) is 0 Å². The summed E-state index contributed by atoms with van der Waals surface area (Å²) in [5, 5.41) is 18.5. The Bertz CT molecular complexity index is 566. The van der Waals surface area contributed by atoms with Gasteiger partial charge in [0.2, 0.25) is 5.79 Å². The molecule has 0 atom stereocenters. The summed E-state index contributed by atoms with van der Waals surface area (Å²) >= 11 is 0. The highest BCUT2D eigenvalue weighted by molar-refractivity contribution is 5.28. The van der Waals surface area contributed by atoms with E-state index in [1.807, 2.05) is 48.5 Å². The molecule has 0 aliphatic rings. The van der Waals surface area contributed by atoms with Crippen molar-refractivity contribution in [2.45, 2.75) is 31.5 Å². The maximum atomic E-state index is 9.27. The molecule has 0 aliphatic heterocycles. The minimum absolute atomic E-state index is 0.294. The number of hydrogen-bond donors (Lipinski definition) is 2. The van der Waals surface area contributed by atoms with Gasteiger partial charge in [0.05, 0.1) is 14.2 Å². The first-order chi connectivity index (χ1) is 12.1. The minimum atomic E-state index is -1.47. The van der Waals surface area contributed by atoms with Crippen molar-refractivity contribution in [3.8, 4) is 11.5 Å². The number of aryl methyl sites for hydroxylation is 2. The minimum Gasteiger partial charge on any atom is -0.497 e. The van der Waals surface area contributed by atoms with Gasteiger partial charge in [0.25, 0.3) is 0 Å². The van der Waals surface area contributed by atoms with Crippen molar-refractivity contribution in [3.05, 3.63) is 59.7 Å². The standard InChI is InChI=1S/C19H24O6/c1-22-17-7-3-15(4-8-17)11-13-19(24-20,25-21)14-12-16-5-9-18(23-2)10-6-16/h3-10,20-21H,11-14H2,1-2H3. The fraction of sp³-hybridized carbons (Fsp3) is 0.368. The molecule has 0 amide bonds. The normalized spacial score (nSPS) is 11.4. The van der Waals surface area contributed by atoms with Crippen LogP contribution in [0, 0.1) is 0 Å².